The standard InChI is InChI=1S/C20H23NO/c1-14-6-8-16(9-7-14)12-20(22)21-15(2)18-11-10-17-4-3-5-19(17)13-18/h6-11,13,15H,3-5,12H2,1-2H3,(H,21,22)/t15-/m0/s1. The van der Waals surface area contributed by atoms with Crippen molar-refractivity contribution in [3.63, 3.8) is 0 Å². The van der Waals surface area contributed by atoms with Gasteiger partial charge in [0.05, 0.1) is 12.5 Å². The number of hydrogen-bond donors (Lipinski definition) is 1. The Kier molecular flexibility index (Phi) is 4.28. The summed E-state index contributed by atoms with van der Waals surface area (Å²) in [4.78, 5) is 12.2. The Morgan fingerprint density at radius 1 is 1.09 bits per heavy atom. The first-order valence-electron chi connectivity index (χ1n) is 8.08. The summed E-state index contributed by atoms with van der Waals surface area (Å²) in [5.74, 6) is 0.0804. The van der Waals surface area contributed by atoms with Gasteiger partial charge >= 0.3 is 0 Å². The minimum absolute atomic E-state index is 0.0591. The van der Waals surface area contributed by atoms with Gasteiger partial charge < -0.3 is 5.32 Å². The topological polar surface area (TPSA) is 29.1 Å². The molecule has 22 heavy (non-hydrogen) atoms. The molecule has 0 aromatic heterocycles. The van der Waals surface area contributed by atoms with Gasteiger partial charge in [0, 0.05) is 0 Å². The zero-order chi connectivity index (χ0) is 15.5. The van der Waals surface area contributed by atoms with Crippen molar-refractivity contribution in [1.82, 2.24) is 5.32 Å². The first-order valence-corrected chi connectivity index (χ1v) is 8.08. The van der Waals surface area contributed by atoms with Crippen LogP contribution in [0.15, 0.2) is 42.5 Å². The van der Waals surface area contributed by atoms with Crippen LogP contribution in [0.4, 0.5) is 0 Å². The average molecular weight is 293 g/mol. The van der Waals surface area contributed by atoms with Crippen LogP contribution in [-0.4, -0.2) is 5.91 Å². The van der Waals surface area contributed by atoms with Crippen LogP contribution in [0, 0.1) is 6.92 Å². The molecule has 2 aromatic rings. The number of nitrogens with one attached hydrogen (secondary N) is 1. The Hall–Kier alpha value is -2.09. The van der Waals surface area contributed by atoms with Gasteiger partial charge in [0.15, 0.2) is 0 Å². The number of amides is 1. The van der Waals surface area contributed by atoms with Gasteiger partial charge in [-0.25, -0.2) is 0 Å². The molecule has 0 fully saturated rings. The Balaban J connectivity index is 1.62. The zero-order valence-corrected chi connectivity index (χ0v) is 13.4. The van der Waals surface area contributed by atoms with E-state index in [-0.39, 0.29) is 11.9 Å². The molecule has 0 aliphatic heterocycles. The Bertz CT molecular complexity index is 673. The fourth-order valence-corrected chi connectivity index (χ4v) is 3.13. The van der Waals surface area contributed by atoms with Crippen LogP contribution in [0.1, 0.15) is 47.2 Å². The zero-order valence-electron chi connectivity index (χ0n) is 13.4. The fraction of sp³-hybridized carbons (Fsp3) is 0.350. The lowest BCUT2D eigenvalue weighted by Crippen LogP contribution is -2.28. The van der Waals surface area contributed by atoms with Crippen LogP contribution in [0.3, 0.4) is 0 Å². The SMILES string of the molecule is Cc1ccc(CC(=O)N[C@@H](C)c2ccc3c(c2)CCC3)cc1. The van der Waals surface area contributed by atoms with Crippen molar-refractivity contribution >= 4 is 5.91 Å². The summed E-state index contributed by atoms with van der Waals surface area (Å²) in [7, 11) is 0. The lowest BCUT2D eigenvalue weighted by molar-refractivity contribution is -0.121. The smallest absolute Gasteiger partial charge is 0.224 e. The number of carbonyl (C=O) groups excluding carboxylic acids is 1. The van der Waals surface area contributed by atoms with Crippen molar-refractivity contribution in [2.24, 2.45) is 0 Å². The van der Waals surface area contributed by atoms with Crippen molar-refractivity contribution in [2.75, 3.05) is 0 Å². The lowest BCUT2D eigenvalue weighted by Gasteiger charge is -2.16. The van der Waals surface area contributed by atoms with E-state index in [9.17, 15) is 4.79 Å². The molecule has 0 saturated heterocycles. The van der Waals surface area contributed by atoms with E-state index in [1.807, 2.05) is 24.3 Å². The van der Waals surface area contributed by atoms with E-state index in [1.54, 1.807) is 0 Å². The van der Waals surface area contributed by atoms with E-state index in [2.05, 4.69) is 37.4 Å². The molecule has 2 nitrogen and oxygen atoms in total. The van der Waals surface area contributed by atoms with Crippen LogP contribution >= 0.6 is 0 Å². The Morgan fingerprint density at radius 3 is 2.59 bits per heavy atom. The third kappa shape index (κ3) is 3.38. The van der Waals surface area contributed by atoms with Crippen molar-refractivity contribution in [2.45, 2.75) is 45.6 Å². The van der Waals surface area contributed by atoms with E-state index < -0.39 is 0 Å². The molecule has 1 atom stereocenters. The fourth-order valence-electron chi connectivity index (χ4n) is 3.13. The molecular formula is C20H23NO. The second-order valence-corrected chi connectivity index (χ2v) is 6.33. The number of carbonyl (C=O) groups is 1. The van der Waals surface area contributed by atoms with E-state index in [1.165, 1.54) is 41.5 Å². The minimum Gasteiger partial charge on any atom is -0.349 e. The Morgan fingerprint density at radius 2 is 1.82 bits per heavy atom. The molecule has 1 aliphatic rings. The molecule has 1 amide bonds. The van der Waals surface area contributed by atoms with Crippen LogP contribution in [0.25, 0.3) is 0 Å². The first kappa shape index (κ1) is 14.8. The van der Waals surface area contributed by atoms with Gasteiger partial charge in [0.25, 0.3) is 0 Å². The van der Waals surface area contributed by atoms with Gasteiger partial charge in [-0.05, 0) is 55.4 Å². The quantitative estimate of drug-likeness (QED) is 0.910. The van der Waals surface area contributed by atoms with Gasteiger partial charge in [-0.3, -0.25) is 4.79 Å². The minimum atomic E-state index is 0.0591. The maximum absolute atomic E-state index is 12.2. The normalized spacial score (nSPS) is 14.5. The van der Waals surface area contributed by atoms with Crippen LogP contribution in [0.2, 0.25) is 0 Å². The van der Waals surface area contributed by atoms with E-state index >= 15 is 0 Å². The molecule has 3 rings (SSSR count). The predicted molar refractivity (Wildman–Crippen MR) is 89.9 cm³/mol. The number of benzene rings is 2. The van der Waals surface area contributed by atoms with Crippen molar-refractivity contribution in [3.8, 4) is 0 Å². The second kappa shape index (κ2) is 6.35. The highest BCUT2D eigenvalue weighted by atomic mass is 16.1. The first-order chi connectivity index (χ1) is 10.6. The molecule has 2 heteroatoms. The number of rotatable bonds is 4. The maximum Gasteiger partial charge on any atom is 0.224 e. The van der Waals surface area contributed by atoms with Gasteiger partial charge in [0.1, 0.15) is 0 Å². The molecular weight excluding hydrogens is 270 g/mol. The molecule has 0 unspecified atom stereocenters. The van der Waals surface area contributed by atoms with Crippen LogP contribution < -0.4 is 5.32 Å². The summed E-state index contributed by atoms with van der Waals surface area (Å²) in [5.41, 5.74) is 6.41. The van der Waals surface area contributed by atoms with E-state index in [0.717, 1.165) is 5.56 Å². The summed E-state index contributed by atoms with van der Waals surface area (Å²) in [6.45, 7) is 4.11. The second-order valence-electron chi connectivity index (χ2n) is 6.33. The third-order valence-electron chi connectivity index (χ3n) is 4.49. The number of fused-ring (bicyclic) bond motifs is 1. The molecule has 1 N–H and O–H groups in total. The molecule has 0 radical (unpaired) electrons. The lowest BCUT2D eigenvalue weighted by atomic mass is 10.0. The van der Waals surface area contributed by atoms with Gasteiger partial charge in [0.2, 0.25) is 5.91 Å². The third-order valence-corrected chi connectivity index (χ3v) is 4.49. The van der Waals surface area contributed by atoms with Crippen LogP contribution in [-0.2, 0) is 24.1 Å². The summed E-state index contributed by atoms with van der Waals surface area (Å²) in [6.07, 6.45) is 4.07. The van der Waals surface area contributed by atoms with Gasteiger partial charge in [-0.2, -0.15) is 0 Å². The number of aryl methyl sites for hydroxylation is 3. The molecule has 0 bridgehead atoms. The van der Waals surface area contributed by atoms with Crippen molar-refractivity contribution in [3.05, 3.63) is 70.3 Å². The summed E-state index contributed by atoms with van der Waals surface area (Å²) in [5, 5.41) is 3.11. The van der Waals surface area contributed by atoms with Crippen molar-refractivity contribution < 1.29 is 4.79 Å². The monoisotopic (exact) mass is 293 g/mol. The molecule has 2 aromatic carbocycles. The molecule has 0 heterocycles. The Labute approximate surface area is 132 Å². The highest BCUT2D eigenvalue weighted by Gasteiger charge is 2.15. The predicted octanol–water partition coefficient (Wildman–Crippen LogP) is 3.90. The highest BCUT2D eigenvalue weighted by Crippen LogP contribution is 2.25. The summed E-state index contributed by atoms with van der Waals surface area (Å²) >= 11 is 0. The van der Waals surface area contributed by atoms with E-state index in [0.29, 0.717) is 6.42 Å². The number of hydrogen-bond acceptors (Lipinski definition) is 1. The molecule has 0 saturated carbocycles. The molecule has 0 spiro atoms. The highest BCUT2D eigenvalue weighted by molar-refractivity contribution is 5.79. The summed E-state index contributed by atoms with van der Waals surface area (Å²) < 4.78 is 0. The van der Waals surface area contributed by atoms with Crippen LogP contribution in [0.5, 0.6) is 0 Å². The van der Waals surface area contributed by atoms with Gasteiger partial charge in [-0.15, -0.1) is 0 Å². The molecule has 114 valence electrons. The largest absolute Gasteiger partial charge is 0.349 e. The summed E-state index contributed by atoms with van der Waals surface area (Å²) in [6, 6.07) is 14.8. The van der Waals surface area contributed by atoms with Gasteiger partial charge in [-0.1, -0.05) is 48.0 Å². The van der Waals surface area contributed by atoms with Crippen molar-refractivity contribution in [1.29, 1.82) is 0 Å². The maximum atomic E-state index is 12.2. The molecule has 1 aliphatic carbocycles. The average Bonchev–Trinajstić information content (AvgIpc) is 2.97. The van der Waals surface area contributed by atoms with E-state index in [4.69, 9.17) is 0 Å².